The highest BCUT2D eigenvalue weighted by Crippen LogP contribution is 2.21. The van der Waals surface area contributed by atoms with Gasteiger partial charge in [-0.15, -0.1) is 10.2 Å². The standard InChI is InChI=1S/C14H16F2N4O/c1-9-17-18-14-8-19(4-5-20(9)14)7-13(21)11-6-10(15)2-3-12(11)16/h2-3,6,13,21H,4-5,7-8H2,1H3. The highest BCUT2D eigenvalue weighted by atomic mass is 19.1. The first-order valence-electron chi connectivity index (χ1n) is 6.78. The van der Waals surface area contributed by atoms with Crippen LogP contribution in [0.15, 0.2) is 18.2 Å². The predicted octanol–water partition coefficient (Wildman–Crippen LogP) is 1.41. The number of aryl methyl sites for hydroxylation is 1. The number of benzene rings is 1. The number of aliphatic hydroxyl groups excluding tert-OH is 1. The van der Waals surface area contributed by atoms with Crippen molar-refractivity contribution in [2.45, 2.75) is 26.1 Å². The van der Waals surface area contributed by atoms with Crippen molar-refractivity contribution in [1.29, 1.82) is 0 Å². The summed E-state index contributed by atoms with van der Waals surface area (Å²) in [6, 6.07) is 3.11. The van der Waals surface area contributed by atoms with Crippen molar-refractivity contribution >= 4 is 0 Å². The molecule has 1 N–H and O–H groups in total. The molecule has 1 aromatic heterocycles. The first-order valence-corrected chi connectivity index (χ1v) is 6.78. The van der Waals surface area contributed by atoms with E-state index >= 15 is 0 Å². The molecule has 0 saturated carbocycles. The smallest absolute Gasteiger partial charge is 0.147 e. The summed E-state index contributed by atoms with van der Waals surface area (Å²) in [4.78, 5) is 1.96. The van der Waals surface area contributed by atoms with E-state index in [1.54, 1.807) is 0 Å². The summed E-state index contributed by atoms with van der Waals surface area (Å²) >= 11 is 0. The molecule has 5 nitrogen and oxygen atoms in total. The molecule has 1 atom stereocenters. The molecule has 0 spiro atoms. The lowest BCUT2D eigenvalue weighted by molar-refractivity contribution is 0.0932. The van der Waals surface area contributed by atoms with Gasteiger partial charge in [0.1, 0.15) is 23.3 Å². The monoisotopic (exact) mass is 294 g/mol. The van der Waals surface area contributed by atoms with Crippen LogP contribution in [0.2, 0.25) is 0 Å². The molecular formula is C14H16F2N4O. The van der Waals surface area contributed by atoms with E-state index in [2.05, 4.69) is 10.2 Å². The van der Waals surface area contributed by atoms with Crippen molar-refractivity contribution in [1.82, 2.24) is 19.7 Å². The van der Waals surface area contributed by atoms with Crippen molar-refractivity contribution in [3.05, 3.63) is 47.0 Å². The Hall–Kier alpha value is -1.86. The number of nitrogens with zero attached hydrogens (tertiary/aromatic N) is 4. The van der Waals surface area contributed by atoms with E-state index in [1.165, 1.54) is 0 Å². The maximum atomic E-state index is 13.6. The Labute approximate surface area is 120 Å². The van der Waals surface area contributed by atoms with Crippen LogP contribution in [0.1, 0.15) is 23.3 Å². The van der Waals surface area contributed by atoms with E-state index in [4.69, 9.17) is 0 Å². The highest BCUT2D eigenvalue weighted by molar-refractivity contribution is 5.21. The van der Waals surface area contributed by atoms with Crippen molar-refractivity contribution in [3.8, 4) is 0 Å². The quantitative estimate of drug-likeness (QED) is 0.930. The second kappa shape index (κ2) is 5.50. The lowest BCUT2D eigenvalue weighted by Crippen LogP contribution is -2.37. The summed E-state index contributed by atoms with van der Waals surface area (Å²) in [5, 5.41) is 18.2. The zero-order valence-corrected chi connectivity index (χ0v) is 11.6. The van der Waals surface area contributed by atoms with Gasteiger partial charge in [-0.3, -0.25) is 4.90 Å². The maximum Gasteiger partial charge on any atom is 0.147 e. The Morgan fingerprint density at radius 3 is 2.90 bits per heavy atom. The number of halogens is 2. The molecule has 1 unspecified atom stereocenters. The third kappa shape index (κ3) is 2.79. The zero-order chi connectivity index (χ0) is 15.0. The molecule has 2 heterocycles. The largest absolute Gasteiger partial charge is 0.387 e. The van der Waals surface area contributed by atoms with Crippen molar-refractivity contribution in [3.63, 3.8) is 0 Å². The average Bonchev–Trinajstić information content (AvgIpc) is 2.82. The van der Waals surface area contributed by atoms with Crippen molar-refractivity contribution in [2.75, 3.05) is 13.1 Å². The molecule has 2 aromatic rings. The number of hydrogen-bond acceptors (Lipinski definition) is 4. The molecule has 0 saturated heterocycles. The summed E-state index contributed by atoms with van der Waals surface area (Å²) in [5.41, 5.74) is -0.0155. The average molecular weight is 294 g/mol. The molecule has 1 aliphatic rings. The van der Waals surface area contributed by atoms with Gasteiger partial charge in [0.2, 0.25) is 0 Å². The topological polar surface area (TPSA) is 54.2 Å². The van der Waals surface area contributed by atoms with Gasteiger partial charge < -0.3 is 9.67 Å². The summed E-state index contributed by atoms with van der Waals surface area (Å²) in [6.07, 6.45) is -1.07. The Kier molecular flexibility index (Phi) is 3.69. The number of β-amino-alcohol motifs (C(OH)–C–C–N with tert-alkyl or cyclic N) is 1. The fourth-order valence-electron chi connectivity index (χ4n) is 2.62. The van der Waals surface area contributed by atoms with Gasteiger partial charge in [-0.2, -0.15) is 0 Å². The van der Waals surface area contributed by atoms with Gasteiger partial charge in [-0.1, -0.05) is 0 Å². The molecule has 0 fully saturated rings. The van der Waals surface area contributed by atoms with E-state index in [0.717, 1.165) is 36.4 Å². The van der Waals surface area contributed by atoms with Gasteiger partial charge in [0.05, 0.1) is 12.6 Å². The summed E-state index contributed by atoms with van der Waals surface area (Å²) in [7, 11) is 0. The molecular weight excluding hydrogens is 278 g/mol. The Morgan fingerprint density at radius 2 is 2.10 bits per heavy atom. The van der Waals surface area contributed by atoms with Gasteiger partial charge in [0, 0.05) is 25.2 Å². The molecule has 3 rings (SSSR count). The van der Waals surface area contributed by atoms with Gasteiger partial charge in [0.25, 0.3) is 0 Å². The number of aliphatic hydroxyl groups is 1. The SMILES string of the molecule is Cc1nnc2n1CCN(CC(O)c1cc(F)ccc1F)C2. The van der Waals surface area contributed by atoms with Gasteiger partial charge >= 0.3 is 0 Å². The fourth-order valence-corrected chi connectivity index (χ4v) is 2.62. The van der Waals surface area contributed by atoms with Crippen molar-refractivity contribution < 1.29 is 13.9 Å². The predicted molar refractivity (Wildman–Crippen MR) is 71.4 cm³/mol. The minimum absolute atomic E-state index is 0.0155. The first kappa shape index (κ1) is 14.1. The molecule has 1 aromatic carbocycles. The summed E-state index contributed by atoms with van der Waals surface area (Å²) in [6.45, 7) is 4.09. The lowest BCUT2D eigenvalue weighted by atomic mass is 10.1. The minimum Gasteiger partial charge on any atom is -0.387 e. The molecule has 0 radical (unpaired) electrons. The summed E-state index contributed by atoms with van der Waals surface area (Å²) in [5.74, 6) is 0.534. The summed E-state index contributed by atoms with van der Waals surface area (Å²) < 4.78 is 28.8. The fraction of sp³-hybridized carbons (Fsp3) is 0.429. The number of hydrogen-bond donors (Lipinski definition) is 1. The number of aromatic nitrogens is 3. The Balaban J connectivity index is 1.71. The number of fused-ring (bicyclic) bond motifs is 1. The van der Waals surface area contributed by atoms with Crippen LogP contribution in [0.3, 0.4) is 0 Å². The molecule has 0 amide bonds. The minimum atomic E-state index is -1.07. The first-order chi connectivity index (χ1) is 10.0. The Bertz CT molecular complexity index is 658. The number of rotatable bonds is 3. The van der Waals surface area contributed by atoms with E-state index in [1.807, 2.05) is 16.4 Å². The van der Waals surface area contributed by atoms with Crippen LogP contribution >= 0.6 is 0 Å². The van der Waals surface area contributed by atoms with E-state index in [0.29, 0.717) is 13.1 Å². The van der Waals surface area contributed by atoms with Crippen LogP contribution in [0.4, 0.5) is 8.78 Å². The van der Waals surface area contributed by atoms with Crippen LogP contribution in [-0.4, -0.2) is 37.9 Å². The van der Waals surface area contributed by atoms with Crippen LogP contribution in [-0.2, 0) is 13.1 Å². The third-order valence-corrected chi connectivity index (χ3v) is 3.77. The van der Waals surface area contributed by atoms with Gasteiger partial charge in [-0.25, -0.2) is 8.78 Å². The van der Waals surface area contributed by atoms with Crippen molar-refractivity contribution in [2.24, 2.45) is 0 Å². The van der Waals surface area contributed by atoms with E-state index in [9.17, 15) is 13.9 Å². The van der Waals surface area contributed by atoms with Crippen LogP contribution in [0.5, 0.6) is 0 Å². The molecule has 112 valence electrons. The molecule has 1 aliphatic heterocycles. The Morgan fingerprint density at radius 1 is 1.29 bits per heavy atom. The lowest BCUT2D eigenvalue weighted by Gasteiger charge is -2.29. The van der Waals surface area contributed by atoms with Gasteiger partial charge in [0.15, 0.2) is 0 Å². The maximum absolute atomic E-state index is 13.6. The normalized spacial score (nSPS) is 16.8. The zero-order valence-electron chi connectivity index (χ0n) is 11.6. The van der Waals surface area contributed by atoms with E-state index in [-0.39, 0.29) is 12.1 Å². The van der Waals surface area contributed by atoms with E-state index < -0.39 is 17.7 Å². The second-order valence-corrected chi connectivity index (χ2v) is 5.23. The third-order valence-electron chi connectivity index (χ3n) is 3.77. The van der Waals surface area contributed by atoms with Crippen LogP contribution < -0.4 is 0 Å². The highest BCUT2D eigenvalue weighted by Gasteiger charge is 2.23. The molecule has 7 heteroatoms. The van der Waals surface area contributed by atoms with Crippen LogP contribution in [0, 0.1) is 18.6 Å². The van der Waals surface area contributed by atoms with Gasteiger partial charge in [-0.05, 0) is 25.1 Å². The second-order valence-electron chi connectivity index (χ2n) is 5.23. The molecule has 0 bridgehead atoms. The molecule has 21 heavy (non-hydrogen) atoms. The van der Waals surface area contributed by atoms with Crippen LogP contribution in [0.25, 0.3) is 0 Å². The molecule has 0 aliphatic carbocycles.